The number of amides is 1. The fourth-order valence-corrected chi connectivity index (χ4v) is 2.72. The van der Waals surface area contributed by atoms with E-state index in [9.17, 15) is 22.8 Å². The van der Waals surface area contributed by atoms with Gasteiger partial charge in [0.05, 0.1) is 0 Å². The number of oxazole rings is 1. The number of hydrogen-bond donors (Lipinski definition) is 2. The number of anilines is 1. The quantitative estimate of drug-likeness (QED) is 0.607. The van der Waals surface area contributed by atoms with E-state index in [-0.39, 0.29) is 28.9 Å². The molecule has 1 aliphatic heterocycles. The van der Waals surface area contributed by atoms with Crippen molar-refractivity contribution in [1.82, 2.24) is 10.3 Å². The number of halogens is 3. The number of nitrogens with one attached hydrogen (secondary N) is 2. The highest BCUT2D eigenvalue weighted by Crippen LogP contribution is 2.31. The molecule has 28 heavy (non-hydrogen) atoms. The lowest BCUT2D eigenvalue weighted by molar-refractivity contribution is -0.156. The van der Waals surface area contributed by atoms with Gasteiger partial charge in [-0.05, 0) is 50.6 Å². The Morgan fingerprint density at radius 3 is 2.54 bits per heavy atom. The second-order valence-corrected chi connectivity index (χ2v) is 6.33. The standard InChI is InChI=1S/C18H18F3N3O4/c1-10-15(28-17(23-10)18(19,20)21)24-14(25)11-5-7-12(8-6-11)27-16(26)13-4-2-3-9-22-13/h5-8,13,22H,2-4,9H2,1H3,(H,24,25). The summed E-state index contributed by atoms with van der Waals surface area (Å²) in [5.74, 6) is -2.62. The molecule has 1 saturated heterocycles. The molecule has 1 amide bonds. The van der Waals surface area contributed by atoms with Crippen LogP contribution in [0.5, 0.6) is 5.75 Å². The van der Waals surface area contributed by atoms with E-state index in [1.807, 2.05) is 0 Å². The number of carbonyl (C=O) groups is 2. The first kappa shape index (κ1) is 19.9. The van der Waals surface area contributed by atoms with E-state index in [2.05, 4.69) is 20.0 Å². The minimum atomic E-state index is -4.74. The third kappa shape index (κ3) is 4.69. The zero-order valence-corrected chi connectivity index (χ0v) is 14.9. The van der Waals surface area contributed by atoms with Crippen LogP contribution in [-0.4, -0.2) is 29.4 Å². The number of rotatable bonds is 4. The Morgan fingerprint density at radius 2 is 1.96 bits per heavy atom. The average molecular weight is 397 g/mol. The van der Waals surface area contributed by atoms with Crippen molar-refractivity contribution in [3.63, 3.8) is 0 Å². The van der Waals surface area contributed by atoms with Crippen LogP contribution in [0.4, 0.5) is 19.1 Å². The van der Waals surface area contributed by atoms with Crippen LogP contribution in [0.1, 0.15) is 41.2 Å². The van der Waals surface area contributed by atoms with Gasteiger partial charge >= 0.3 is 18.0 Å². The van der Waals surface area contributed by atoms with E-state index in [0.29, 0.717) is 6.42 Å². The Kier molecular flexibility index (Phi) is 5.68. The van der Waals surface area contributed by atoms with Crippen LogP contribution >= 0.6 is 0 Å². The number of ether oxygens (including phenoxy) is 1. The molecule has 1 fully saturated rings. The van der Waals surface area contributed by atoms with Crippen molar-refractivity contribution in [1.29, 1.82) is 0 Å². The number of esters is 1. The van der Waals surface area contributed by atoms with Crippen molar-refractivity contribution in [2.45, 2.75) is 38.4 Å². The molecule has 1 unspecified atom stereocenters. The smallest absolute Gasteiger partial charge is 0.425 e. The number of nitrogens with zero attached hydrogens (tertiary/aromatic N) is 1. The van der Waals surface area contributed by atoms with E-state index < -0.39 is 23.9 Å². The molecule has 0 bridgehead atoms. The van der Waals surface area contributed by atoms with E-state index in [1.165, 1.54) is 31.2 Å². The van der Waals surface area contributed by atoms with Crippen LogP contribution < -0.4 is 15.4 Å². The van der Waals surface area contributed by atoms with Crippen LogP contribution in [0.2, 0.25) is 0 Å². The third-order valence-corrected chi connectivity index (χ3v) is 4.20. The van der Waals surface area contributed by atoms with Crippen LogP contribution in [-0.2, 0) is 11.0 Å². The molecule has 1 atom stereocenters. The van der Waals surface area contributed by atoms with Crippen molar-refractivity contribution >= 4 is 17.8 Å². The minimum absolute atomic E-state index is 0.0915. The number of aromatic nitrogens is 1. The van der Waals surface area contributed by atoms with E-state index in [0.717, 1.165) is 19.4 Å². The van der Waals surface area contributed by atoms with Gasteiger partial charge in [-0.3, -0.25) is 10.1 Å². The van der Waals surface area contributed by atoms with Gasteiger partial charge in [0.2, 0.25) is 5.88 Å². The van der Waals surface area contributed by atoms with Gasteiger partial charge in [0.15, 0.2) is 0 Å². The fraction of sp³-hybridized carbons (Fsp3) is 0.389. The van der Waals surface area contributed by atoms with E-state index in [4.69, 9.17) is 4.74 Å². The molecule has 10 heteroatoms. The summed E-state index contributed by atoms with van der Waals surface area (Å²) in [6.45, 7) is 2.05. The largest absolute Gasteiger partial charge is 0.469 e. The van der Waals surface area contributed by atoms with Crippen molar-refractivity contribution in [2.75, 3.05) is 11.9 Å². The summed E-state index contributed by atoms with van der Waals surface area (Å²) in [5.41, 5.74) is 0.0613. The topological polar surface area (TPSA) is 93.5 Å². The van der Waals surface area contributed by atoms with Crippen molar-refractivity contribution in [3.8, 4) is 5.75 Å². The van der Waals surface area contributed by atoms with Crippen LogP contribution in [0, 0.1) is 6.92 Å². The van der Waals surface area contributed by atoms with Gasteiger partial charge in [-0.1, -0.05) is 6.42 Å². The maximum Gasteiger partial charge on any atom is 0.469 e. The van der Waals surface area contributed by atoms with E-state index >= 15 is 0 Å². The number of piperidine rings is 1. The third-order valence-electron chi connectivity index (χ3n) is 4.20. The van der Waals surface area contributed by atoms with E-state index in [1.54, 1.807) is 0 Å². The molecule has 1 aliphatic rings. The predicted octanol–water partition coefficient (Wildman–Crippen LogP) is 3.30. The number of carbonyl (C=O) groups excluding carboxylic acids is 2. The zero-order valence-electron chi connectivity index (χ0n) is 14.9. The van der Waals surface area contributed by atoms with Gasteiger partial charge < -0.3 is 14.5 Å². The first-order valence-electron chi connectivity index (χ1n) is 8.65. The maximum absolute atomic E-state index is 12.6. The Labute approximate surface area is 158 Å². The Morgan fingerprint density at radius 1 is 1.25 bits per heavy atom. The Balaban J connectivity index is 1.62. The van der Waals surface area contributed by atoms with Crippen LogP contribution in [0.25, 0.3) is 0 Å². The second kappa shape index (κ2) is 8.01. The van der Waals surface area contributed by atoms with Gasteiger partial charge in [-0.25, -0.2) is 9.78 Å². The molecule has 3 rings (SSSR count). The molecule has 0 spiro atoms. The Bertz CT molecular complexity index is 856. The summed E-state index contributed by atoms with van der Waals surface area (Å²) in [6, 6.07) is 5.30. The number of aryl methyl sites for hydroxylation is 1. The summed E-state index contributed by atoms with van der Waals surface area (Å²) in [6.07, 6.45) is -2.08. The molecule has 0 saturated carbocycles. The van der Waals surface area contributed by atoms with Crippen molar-refractivity contribution in [2.24, 2.45) is 0 Å². The fourth-order valence-electron chi connectivity index (χ4n) is 2.72. The molecular weight excluding hydrogens is 379 g/mol. The molecule has 2 heterocycles. The van der Waals surface area contributed by atoms with Crippen LogP contribution in [0.15, 0.2) is 28.7 Å². The molecule has 2 N–H and O–H groups in total. The molecule has 0 radical (unpaired) electrons. The highest BCUT2D eigenvalue weighted by molar-refractivity contribution is 6.03. The Hall–Kier alpha value is -2.88. The molecule has 150 valence electrons. The van der Waals surface area contributed by atoms with Gasteiger partial charge in [-0.15, -0.1) is 0 Å². The highest BCUT2D eigenvalue weighted by atomic mass is 19.4. The molecule has 7 nitrogen and oxygen atoms in total. The highest BCUT2D eigenvalue weighted by Gasteiger charge is 2.38. The van der Waals surface area contributed by atoms with Gasteiger partial charge in [0.1, 0.15) is 17.5 Å². The molecular formula is C18H18F3N3O4. The molecule has 0 aliphatic carbocycles. The summed E-state index contributed by atoms with van der Waals surface area (Å²) < 4.78 is 47.7. The molecule has 1 aromatic heterocycles. The first-order valence-corrected chi connectivity index (χ1v) is 8.65. The normalized spacial score (nSPS) is 17.2. The SMILES string of the molecule is Cc1nc(C(F)(F)F)oc1NC(=O)c1ccc(OC(=O)C2CCCCN2)cc1. The first-order chi connectivity index (χ1) is 13.2. The van der Waals surface area contributed by atoms with Crippen molar-refractivity contribution < 1.29 is 31.9 Å². The second-order valence-electron chi connectivity index (χ2n) is 6.33. The minimum Gasteiger partial charge on any atom is -0.425 e. The summed E-state index contributed by atoms with van der Waals surface area (Å²) in [4.78, 5) is 27.5. The number of benzene rings is 1. The van der Waals surface area contributed by atoms with Crippen LogP contribution in [0.3, 0.4) is 0 Å². The predicted molar refractivity (Wildman–Crippen MR) is 91.9 cm³/mol. The lowest BCUT2D eigenvalue weighted by atomic mass is 10.1. The number of alkyl halides is 3. The van der Waals surface area contributed by atoms with Gasteiger partial charge in [-0.2, -0.15) is 13.2 Å². The molecule has 1 aromatic carbocycles. The lowest BCUT2D eigenvalue weighted by Gasteiger charge is -2.21. The van der Waals surface area contributed by atoms with Gasteiger partial charge in [0.25, 0.3) is 5.91 Å². The monoisotopic (exact) mass is 397 g/mol. The lowest BCUT2D eigenvalue weighted by Crippen LogP contribution is -2.42. The summed E-state index contributed by atoms with van der Waals surface area (Å²) >= 11 is 0. The summed E-state index contributed by atoms with van der Waals surface area (Å²) in [5, 5.41) is 5.32. The molecule has 2 aromatic rings. The van der Waals surface area contributed by atoms with Gasteiger partial charge in [0, 0.05) is 5.56 Å². The summed E-state index contributed by atoms with van der Waals surface area (Å²) in [7, 11) is 0. The number of hydrogen-bond acceptors (Lipinski definition) is 6. The average Bonchev–Trinajstić information content (AvgIpc) is 3.04. The maximum atomic E-state index is 12.6. The zero-order chi connectivity index (χ0) is 20.3. The van der Waals surface area contributed by atoms with Crippen molar-refractivity contribution in [3.05, 3.63) is 41.4 Å².